The Morgan fingerprint density at radius 1 is 0.848 bits per heavy atom. The summed E-state index contributed by atoms with van der Waals surface area (Å²) in [5.74, 6) is -0.503. The van der Waals surface area contributed by atoms with Gasteiger partial charge in [0.25, 0.3) is 11.8 Å². The van der Waals surface area contributed by atoms with Crippen molar-refractivity contribution in [3.8, 4) is 6.07 Å². The molecule has 0 aromatic heterocycles. The van der Waals surface area contributed by atoms with Crippen molar-refractivity contribution in [2.75, 3.05) is 44.2 Å². The smallest absolute Gasteiger partial charge is 0.368 e. The minimum Gasteiger partial charge on any atom is -0.368 e. The van der Waals surface area contributed by atoms with Crippen molar-refractivity contribution in [2.24, 2.45) is 0 Å². The minimum absolute atomic E-state index is 0.251. The van der Waals surface area contributed by atoms with E-state index in [9.17, 15) is 28.0 Å². The molecule has 2 aliphatic rings. The molecule has 1 fully saturated rings. The van der Waals surface area contributed by atoms with Crippen LogP contribution >= 0.6 is 0 Å². The molecule has 0 aliphatic carbocycles. The average molecular weight is 456 g/mol. The lowest BCUT2D eigenvalue weighted by Crippen LogP contribution is -2.47. The number of halogens is 3. The third kappa shape index (κ3) is 4.57. The van der Waals surface area contributed by atoms with Crippen molar-refractivity contribution in [3.63, 3.8) is 0 Å². The van der Waals surface area contributed by atoms with E-state index in [4.69, 9.17) is 0 Å². The van der Waals surface area contributed by atoms with Gasteiger partial charge in [-0.1, -0.05) is 18.2 Å². The van der Waals surface area contributed by atoms with Crippen LogP contribution in [0.5, 0.6) is 0 Å². The van der Waals surface area contributed by atoms with Crippen LogP contribution in [0.15, 0.2) is 42.5 Å². The van der Waals surface area contributed by atoms with E-state index in [2.05, 4.69) is 4.90 Å². The maximum absolute atomic E-state index is 13.2. The Labute approximate surface area is 189 Å². The van der Waals surface area contributed by atoms with Gasteiger partial charge in [-0.2, -0.15) is 18.4 Å². The standard InChI is InChI=1S/C24H23F3N4O2/c25-24(26,27)20-8-5-9-21(19(20)16-28)30-14-12-29(13-15-30)10-3-4-11-31-22(32)17-6-1-2-7-18(17)23(31)33/h1-2,5-9H,3-4,10-15H2. The van der Waals surface area contributed by atoms with E-state index in [1.807, 2.05) is 4.90 Å². The van der Waals surface area contributed by atoms with Gasteiger partial charge in [0, 0.05) is 32.7 Å². The largest absolute Gasteiger partial charge is 0.417 e. The van der Waals surface area contributed by atoms with Gasteiger partial charge in [-0.25, -0.2) is 0 Å². The molecule has 0 unspecified atom stereocenters. The van der Waals surface area contributed by atoms with Gasteiger partial charge < -0.3 is 4.90 Å². The SMILES string of the molecule is N#Cc1c(N2CCN(CCCCN3C(=O)c4ccccc4C3=O)CC2)cccc1C(F)(F)F. The Hall–Kier alpha value is -3.38. The number of carbonyl (C=O) groups is 2. The molecule has 6 nitrogen and oxygen atoms in total. The van der Waals surface area contributed by atoms with Crippen LogP contribution in [0.3, 0.4) is 0 Å². The molecule has 0 N–H and O–H groups in total. The first-order valence-electron chi connectivity index (χ1n) is 10.8. The molecule has 0 saturated carbocycles. The summed E-state index contributed by atoms with van der Waals surface area (Å²) >= 11 is 0. The minimum atomic E-state index is -4.57. The van der Waals surface area contributed by atoms with E-state index in [1.54, 1.807) is 36.4 Å². The van der Waals surface area contributed by atoms with Crippen molar-refractivity contribution in [3.05, 3.63) is 64.7 Å². The van der Waals surface area contributed by atoms with E-state index in [0.717, 1.165) is 19.0 Å². The fraction of sp³-hybridized carbons (Fsp3) is 0.375. The van der Waals surface area contributed by atoms with Crippen LogP contribution in [-0.2, 0) is 6.18 Å². The third-order valence-electron chi connectivity index (χ3n) is 6.16. The number of anilines is 1. The van der Waals surface area contributed by atoms with Gasteiger partial charge in [0.05, 0.1) is 27.9 Å². The first-order valence-corrected chi connectivity index (χ1v) is 10.8. The number of hydrogen-bond acceptors (Lipinski definition) is 5. The Kier molecular flexibility index (Phi) is 6.38. The molecule has 9 heteroatoms. The summed E-state index contributed by atoms with van der Waals surface area (Å²) in [7, 11) is 0. The Morgan fingerprint density at radius 3 is 2.03 bits per heavy atom. The van der Waals surface area contributed by atoms with Crippen LogP contribution in [0.2, 0.25) is 0 Å². The van der Waals surface area contributed by atoms with Gasteiger partial charge >= 0.3 is 6.18 Å². The van der Waals surface area contributed by atoms with Gasteiger partial charge in [-0.05, 0) is 43.7 Å². The molecule has 0 radical (unpaired) electrons. The number of benzene rings is 2. The number of fused-ring (bicyclic) bond motifs is 1. The molecule has 0 atom stereocenters. The van der Waals surface area contributed by atoms with E-state index in [0.29, 0.717) is 56.0 Å². The second-order valence-electron chi connectivity index (χ2n) is 8.15. The maximum atomic E-state index is 13.2. The first-order chi connectivity index (χ1) is 15.8. The van der Waals surface area contributed by atoms with Gasteiger partial charge in [-0.15, -0.1) is 0 Å². The topological polar surface area (TPSA) is 67.7 Å². The molecule has 1 saturated heterocycles. The molecule has 2 aliphatic heterocycles. The zero-order chi connectivity index (χ0) is 23.6. The lowest BCUT2D eigenvalue weighted by molar-refractivity contribution is -0.137. The highest BCUT2D eigenvalue weighted by Gasteiger charge is 2.36. The summed E-state index contributed by atoms with van der Waals surface area (Å²) in [5.41, 5.74) is -0.0232. The number of nitrogens with zero attached hydrogens (tertiary/aromatic N) is 4. The predicted octanol–water partition coefficient (Wildman–Crippen LogP) is 3.78. The Morgan fingerprint density at radius 2 is 1.45 bits per heavy atom. The number of nitriles is 1. The van der Waals surface area contributed by atoms with Crippen LogP contribution in [0, 0.1) is 11.3 Å². The molecule has 0 spiro atoms. The Bertz CT molecular complexity index is 1070. The van der Waals surface area contributed by atoms with E-state index >= 15 is 0 Å². The monoisotopic (exact) mass is 456 g/mol. The molecule has 2 heterocycles. The molecule has 4 rings (SSSR count). The van der Waals surface area contributed by atoms with Crippen molar-refractivity contribution >= 4 is 17.5 Å². The van der Waals surface area contributed by atoms with Crippen LogP contribution in [-0.4, -0.2) is 60.9 Å². The van der Waals surface area contributed by atoms with Crippen molar-refractivity contribution < 1.29 is 22.8 Å². The van der Waals surface area contributed by atoms with E-state index in [1.165, 1.54) is 11.0 Å². The van der Waals surface area contributed by atoms with Crippen LogP contribution in [0.4, 0.5) is 18.9 Å². The van der Waals surface area contributed by atoms with E-state index < -0.39 is 11.7 Å². The summed E-state index contributed by atoms with van der Waals surface area (Å²) in [6.45, 7) is 3.50. The highest BCUT2D eigenvalue weighted by molar-refractivity contribution is 6.21. The zero-order valence-corrected chi connectivity index (χ0v) is 17.9. The second kappa shape index (κ2) is 9.24. The average Bonchev–Trinajstić information content (AvgIpc) is 3.06. The number of rotatable bonds is 6. The highest BCUT2D eigenvalue weighted by Crippen LogP contribution is 2.36. The summed E-state index contributed by atoms with van der Waals surface area (Å²) in [6.07, 6.45) is -3.10. The lowest BCUT2D eigenvalue weighted by atomic mass is 10.0. The van der Waals surface area contributed by atoms with Crippen molar-refractivity contribution in [1.29, 1.82) is 5.26 Å². The number of carbonyl (C=O) groups excluding carboxylic acids is 2. The van der Waals surface area contributed by atoms with Crippen LogP contribution < -0.4 is 4.90 Å². The molecule has 2 amide bonds. The molecular weight excluding hydrogens is 433 g/mol. The molecule has 0 bridgehead atoms. The Balaban J connectivity index is 1.26. The normalized spacial score (nSPS) is 16.8. The van der Waals surface area contributed by atoms with E-state index in [-0.39, 0.29) is 17.4 Å². The quantitative estimate of drug-likeness (QED) is 0.489. The number of alkyl halides is 3. The molecular formula is C24H23F3N4O2. The van der Waals surface area contributed by atoms with Gasteiger partial charge in [0.2, 0.25) is 0 Å². The molecule has 2 aromatic carbocycles. The van der Waals surface area contributed by atoms with Gasteiger partial charge in [-0.3, -0.25) is 19.4 Å². The van der Waals surface area contributed by atoms with Gasteiger partial charge in [0.15, 0.2) is 0 Å². The number of unbranched alkanes of at least 4 members (excludes halogenated alkanes) is 1. The molecule has 33 heavy (non-hydrogen) atoms. The predicted molar refractivity (Wildman–Crippen MR) is 116 cm³/mol. The number of amides is 2. The summed E-state index contributed by atoms with van der Waals surface area (Å²) < 4.78 is 39.7. The molecule has 172 valence electrons. The van der Waals surface area contributed by atoms with Crippen LogP contribution in [0.1, 0.15) is 44.7 Å². The summed E-state index contributed by atoms with van der Waals surface area (Å²) in [4.78, 5) is 30.1. The first kappa shape index (κ1) is 22.8. The van der Waals surface area contributed by atoms with Crippen LogP contribution in [0.25, 0.3) is 0 Å². The zero-order valence-electron chi connectivity index (χ0n) is 17.9. The lowest BCUT2D eigenvalue weighted by Gasteiger charge is -2.36. The fourth-order valence-electron chi connectivity index (χ4n) is 4.42. The third-order valence-corrected chi connectivity index (χ3v) is 6.16. The summed E-state index contributed by atoms with van der Waals surface area (Å²) in [6, 6.07) is 12.4. The van der Waals surface area contributed by atoms with Gasteiger partial charge in [0.1, 0.15) is 6.07 Å². The van der Waals surface area contributed by atoms with Crippen molar-refractivity contribution in [1.82, 2.24) is 9.80 Å². The summed E-state index contributed by atoms with van der Waals surface area (Å²) in [5, 5.41) is 9.33. The highest BCUT2D eigenvalue weighted by atomic mass is 19.4. The molecule has 2 aromatic rings. The maximum Gasteiger partial charge on any atom is 0.417 e. The van der Waals surface area contributed by atoms with Crippen molar-refractivity contribution in [2.45, 2.75) is 19.0 Å². The number of hydrogen-bond donors (Lipinski definition) is 0. The number of imide groups is 1. The fourth-order valence-corrected chi connectivity index (χ4v) is 4.42. The number of piperazine rings is 1. The second-order valence-corrected chi connectivity index (χ2v) is 8.15.